The molecular weight excluding hydrogens is 361 g/mol. The van der Waals surface area contributed by atoms with E-state index in [-0.39, 0.29) is 10.7 Å². The lowest BCUT2D eigenvalue weighted by atomic mass is 10.1. The number of rotatable bonds is 4. The number of halogens is 2. The molecule has 0 radical (unpaired) electrons. The van der Waals surface area contributed by atoms with Crippen molar-refractivity contribution in [1.29, 1.82) is 0 Å². The normalized spacial score (nSPS) is 12.8. The first-order valence-corrected chi connectivity index (χ1v) is 8.64. The van der Waals surface area contributed by atoms with Gasteiger partial charge < -0.3 is 9.64 Å². The van der Waals surface area contributed by atoms with E-state index in [0.29, 0.717) is 17.9 Å². The van der Waals surface area contributed by atoms with Gasteiger partial charge in [-0.3, -0.25) is 0 Å². The number of carbonyl (C=O) groups is 1. The molecule has 0 aliphatic rings. The molecule has 2 heterocycles. The van der Waals surface area contributed by atoms with Gasteiger partial charge in [-0.05, 0) is 40.7 Å². The maximum atomic E-state index is 14.4. The van der Waals surface area contributed by atoms with Gasteiger partial charge in [0.1, 0.15) is 17.0 Å². The summed E-state index contributed by atoms with van der Waals surface area (Å²) in [7, 11) is 1.60. The Kier molecular flexibility index (Phi) is 5.85. The zero-order chi connectivity index (χ0) is 19.6. The van der Waals surface area contributed by atoms with Crippen LogP contribution in [0.3, 0.4) is 0 Å². The molecule has 0 aromatic carbocycles. The number of aromatic nitrogens is 4. The SMILES string of the molecule is CCn1nc(-c2ccnc(Cl)c2F)c(C(C)N(C)C(=O)OC(C)(C)C)n1. The first-order chi connectivity index (χ1) is 12.0. The topological polar surface area (TPSA) is 73.1 Å². The molecule has 2 rings (SSSR count). The van der Waals surface area contributed by atoms with Gasteiger partial charge in [0, 0.05) is 18.8 Å². The van der Waals surface area contributed by atoms with Crippen LogP contribution in [0.4, 0.5) is 9.18 Å². The standard InChI is InChI=1S/C17H23ClFN5O2/c1-7-24-21-13(10(2)23(6)16(25)26-17(3,4)5)14(22-24)11-8-9-20-15(18)12(11)19/h8-10H,7H2,1-6H3. The highest BCUT2D eigenvalue weighted by Gasteiger charge is 2.29. The van der Waals surface area contributed by atoms with Crippen molar-refractivity contribution in [1.82, 2.24) is 24.9 Å². The van der Waals surface area contributed by atoms with E-state index in [4.69, 9.17) is 16.3 Å². The van der Waals surface area contributed by atoms with E-state index in [1.54, 1.807) is 34.7 Å². The Balaban J connectivity index is 2.44. The first kappa shape index (κ1) is 20.1. The summed E-state index contributed by atoms with van der Waals surface area (Å²) in [4.78, 5) is 18.9. The molecular formula is C17H23ClFN5O2. The summed E-state index contributed by atoms with van der Waals surface area (Å²) >= 11 is 5.80. The van der Waals surface area contributed by atoms with Crippen LogP contribution in [-0.4, -0.2) is 43.6 Å². The predicted molar refractivity (Wildman–Crippen MR) is 96.3 cm³/mol. The van der Waals surface area contributed by atoms with Gasteiger partial charge in [0.15, 0.2) is 11.0 Å². The van der Waals surface area contributed by atoms with Crippen LogP contribution in [0, 0.1) is 5.82 Å². The van der Waals surface area contributed by atoms with Crippen molar-refractivity contribution >= 4 is 17.7 Å². The number of ether oxygens (including phenoxy) is 1. The summed E-state index contributed by atoms with van der Waals surface area (Å²) in [5.74, 6) is -0.675. The average molecular weight is 384 g/mol. The highest BCUT2D eigenvalue weighted by molar-refractivity contribution is 6.29. The smallest absolute Gasteiger partial charge is 0.410 e. The average Bonchev–Trinajstić information content (AvgIpc) is 2.98. The maximum absolute atomic E-state index is 14.4. The maximum Gasteiger partial charge on any atom is 0.410 e. The molecule has 0 N–H and O–H groups in total. The fourth-order valence-corrected chi connectivity index (χ4v) is 2.41. The largest absolute Gasteiger partial charge is 0.444 e. The number of carbonyl (C=O) groups excluding carboxylic acids is 1. The first-order valence-electron chi connectivity index (χ1n) is 8.26. The van der Waals surface area contributed by atoms with Crippen LogP contribution < -0.4 is 0 Å². The molecule has 7 nitrogen and oxygen atoms in total. The van der Waals surface area contributed by atoms with E-state index in [2.05, 4.69) is 15.2 Å². The number of hydrogen-bond donors (Lipinski definition) is 0. The fraction of sp³-hybridized carbons (Fsp3) is 0.529. The highest BCUT2D eigenvalue weighted by Crippen LogP contribution is 2.31. The summed E-state index contributed by atoms with van der Waals surface area (Å²) in [6, 6.07) is 0.987. The van der Waals surface area contributed by atoms with E-state index in [9.17, 15) is 9.18 Å². The Hall–Kier alpha value is -2.22. The third kappa shape index (κ3) is 4.30. The molecule has 0 fully saturated rings. The Labute approximate surface area is 157 Å². The Morgan fingerprint density at radius 3 is 2.65 bits per heavy atom. The zero-order valence-electron chi connectivity index (χ0n) is 15.7. The second kappa shape index (κ2) is 7.57. The second-order valence-electron chi connectivity index (χ2n) is 6.85. The third-order valence-electron chi connectivity index (χ3n) is 3.72. The molecule has 142 valence electrons. The minimum atomic E-state index is -0.675. The minimum Gasteiger partial charge on any atom is -0.444 e. The zero-order valence-corrected chi connectivity index (χ0v) is 16.5. The van der Waals surface area contributed by atoms with Crippen molar-refractivity contribution in [3.63, 3.8) is 0 Å². The van der Waals surface area contributed by atoms with E-state index < -0.39 is 23.6 Å². The van der Waals surface area contributed by atoms with Crippen molar-refractivity contribution in [2.24, 2.45) is 0 Å². The van der Waals surface area contributed by atoms with Crippen molar-refractivity contribution in [3.8, 4) is 11.3 Å². The number of hydrogen-bond acceptors (Lipinski definition) is 5. The van der Waals surface area contributed by atoms with Crippen molar-refractivity contribution < 1.29 is 13.9 Å². The van der Waals surface area contributed by atoms with E-state index in [1.807, 2.05) is 6.92 Å². The summed E-state index contributed by atoms with van der Waals surface area (Å²) < 4.78 is 19.8. The number of amides is 1. The number of aryl methyl sites for hydroxylation is 1. The summed E-state index contributed by atoms with van der Waals surface area (Å²) in [5, 5.41) is 8.50. The summed E-state index contributed by atoms with van der Waals surface area (Å²) in [5.41, 5.74) is 0.321. The second-order valence-corrected chi connectivity index (χ2v) is 7.21. The number of pyridine rings is 1. The molecule has 0 saturated heterocycles. The highest BCUT2D eigenvalue weighted by atomic mass is 35.5. The molecule has 2 aromatic heterocycles. The molecule has 0 aliphatic carbocycles. The van der Waals surface area contributed by atoms with Crippen molar-refractivity contribution in [2.75, 3.05) is 7.05 Å². The molecule has 1 amide bonds. The molecule has 1 atom stereocenters. The molecule has 0 spiro atoms. The van der Waals surface area contributed by atoms with Crippen LogP contribution in [0.2, 0.25) is 5.15 Å². The Bertz CT molecular complexity index is 803. The number of nitrogens with zero attached hydrogens (tertiary/aromatic N) is 5. The minimum absolute atomic E-state index is 0.184. The van der Waals surface area contributed by atoms with Crippen LogP contribution in [0.25, 0.3) is 11.3 Å². The molecule has 2 aromatic rings. The molecule has 0 bridgehead atoms. The lowest BCUT2D eigenvalue weighted by molar-refractivity contribution is 0.0230. The molecule has 9 heteroatoms. The van der Waals surface area contributed by atoms with Gasteiger partial charge in [-0.2, -0.15) is 15.0 Å². The van der Waals surface area contributed by atoms with Crippen LogP contribution in [0.1, 0.15) is 46.4 Å². The fourth-order valence-electron chi connectivity index (χ4n) is 2.25. The molecule has 26 heavy (non-hydrogen) atoms. The molecule has 0 aliphatic heterocycles. The van der Waals surface area contributed by atoms with Crippen LogP contribution in [-0.2, 0) is 11.3 Å². The van der Waals surface area contributed by atoms with Gasteiger partial charge in [0.25, 0.3) is 0 Å². The van der Waals surface area contributed by atoms with E-state index >= 15 is 0 Å². The quantitative estimate of drug-likeness (QED) is 0.744. The van der Waals surface area contributed by atoms with Gasteiger partial charge >= 0.3 is 6.09 Å². The lowest BCUT2D eigenvalue weighted by Crippen LogP contribution is -2.36. The Morgan fingerprint density at radius 2 is 2.08 bits per heavy atom. The molecule has 0 saturated carbocycles. The monoisotopic (exact) mass is 383 g/mol. The molecule has 1 unspecified atom stereocenters. The van der Waals surface area contributed by atoms with Crippen molar-refractivity contribution in [2.45, 2.75) is 52.8 Å². The van der Waals surface area contributed by atoms with Gasteiger partial charge in [-0.1, -0.05) is 11.6 Å². The van der Waals surface area contributed by atoms with Gasteiger partial charge in [0.2, 0.25) is 0 Å². The Morgan fingerprint density at radius 1 is 1.42 bits per heavy atom. The summed E-state index contributed by atoms with van der Waals surface area (Å²) in [6.07, 6.45) is 0.896. The van der Waals surface area contributed by atoms with Crippen molar-refractivity contribution in [3.05, 3.63) is 28.9 Å². The van der Waals surface area contributed by atoms with E-state index in [0.717, 1.165) is 0 Å². The van der Waals surface area contributed by atoms with Gasteiger partial charge in [0.05, 0.1) is 12.6 Å². The van der Waals surface area contributed by atoms with Crippen LogP contribution in [0.15, 0.2) is 12.3 Å². The van der Waals surface area contributed by atoms with Crippen LogP contribution in [0.5, 0.6) is 0 Å². The predicted octanol–water partition coefficient (Wildman–Crippen LogP) is 4.08. The van der Waals surface area contributed by atoms with E-state index in [1.165, 1.54) is 22.0 Å². The summed E-state index contributed by atoms with van der Waals surface area (Å²) in [6.45, 7) is 9.50. The lowest BCUT2D eigenvalue weighted by Gasteiger charge is -2.28. The van der Waals surface area contributed by atoms with Gasteiger partial charge in [-0.15, -0.1) is 0 Å². The van der Waals surface area contributed by atoms with Gasteiger partial charge in [-0.25, -0.2) is 14.2 Å². The van der Waals surface area contributed by atoms with Crippen LogP contribution >= 0.6 is 11.6 Å². The third-order valence-corrected chi connectivity index (χ3v) is 3.99.